The fraction of sp³-hybridized carbons (Fsp3) is 0.932. The zero-order chi connectivity index (χ0) is 59.8. The van der Waals surface area contributed by atoms with Gasteiger partial charge in [-0.2, -0.15) is 0 Å². The topological polar surface area (TPSA) is 108 Å². The van der Waals surface area contributed by atoms with Gasteiger partial charge >= 0.3 is 0 Å². The van der Waals surface area contributed by atoms with Gasteiger partial charge in [0.25, 0.3) is 7.82 Å². The Morgan fingerprint density at radius 2 is 0.683 bits per heavy atom. The predicted molar refractivity (Wildman–Crippen MR) is 358 cm³/mol. The number of hydrogen-bond donors (Lipinski definition) is 2. The van der Waals surface area contributed by atoms with Crippen LogP contribution in [0.2, 0.25) is 0 Å². The summed E-state index contributed by atoms with van der Waals surface area (Å²) in [6, 6.07) is -0.902. The van der Waals surface area contributed by atoms with Crippen LogP contribution in [-0.4, -0.2) is 68.5 Å². The maximum Gasteiger partial charge on any atom is 0.268 e. The van der Waals surface area contributed by atoms with E-state index in [9.17, 15) is 19.4 Å². The molecule has 0 fully saturated rings. The molecule has 1 amide bonds. The molecule has 0 bridgehead atoms. The van der Waals surface area contributed by atoms with E-state index in [4.69, 9.17) is 9.05 Å². The van der Waals surface area contributed by atoms with E-state index >= 15 is 0 Å². The molecule has 0 aromatic heterocycles. The number of nitrogens with one attached hydrogen (secondary N) is 1. The summed E-state index contributed by atoms with van der Waals surface area (Å²) in [5.74, 6) is -0.198. The average Bonchev–Trinajstić information content (AvgIpc) is 3.47. The monoisotopic (exact) mass is 1180 g/mol. The largest absolute Gasteiger partial charge is 0.756 e. The molecular weight excluding hydrogens is 1030 g/mol. The molecule has 9 heteroatoms. The highest BCUT2D eigenvalue weighted by atomic mass is 31.2. The summed E-state index contributed by atoms with van der Waals surface area (Å²) >= 11 is 0. The summed E-state index contributed by atoms with van der Waals surface area (Å²) in [5.41, 5.74) is 0. The standard InChI is InChI=1S/C73H145N2O6P/c1-6-8-10-12-14-16-18-20-22-24-26-28-29-30-31-32-33-34-35-36-37-38-39-40-41-42-43-44-45-47-49-51-53-55-57-59-61-63-65-67-73(77)74-71(70-81-82(78,79)80-69-68-75(3,4)5)72(76)66-64-62-60-58-56-54-52-50-48-46-27-25-23-21-19-17-15-13-11-9-7-2/h56,58,64,66,71-72,76H,6-55,57,59-63,65,67-70H2,1-5H3,(H-,74,77,78,79)/b58-56+,66-64+. The van der Waals surface area contributed by atoms with Crippen molar-refractivity contribution in [3.63, 3.8) is 0 Å². The first-order valence-electron chi connectivity index (χ1n) is 36.7. The van der Waals surface area contributed by atoms with Crippen LogP contribution in [0.25, 0.3) is 0 Å². The van der Waals surface area contributed by atoms with Crippen LogP contribution in [0.5, 0.6) is 0 Å². The second-order valence-corrected chi connectivity index (χ2v) is 28.1. The van der Waals surface area contributed by atoms with Gasteiger partial charge in [0.2, 0.25) is 5.91 Å². The number of aliphatic hydroxyl groups is 1. The van der Waals surface area contributed by atoms with Crippen molar-refractivity contribution < 1.29 is 32.9 Å². The minimum Gasteiger partial charge on any atom is -0.756 e. The predicted octanol–water partition coefficient (Wildman–Crippen LogP) is 22.8. The van der Waals surface area contributed by atoms with Crippen molar-refractivity contribution in [1.29, 1.82) is 0 Å². The molecule has 0 heterocycles. The molecule has 0 rings (SSSR count). The number of quaternary nitrogens is 1. The second-order valence-electron chi connectivity index (χ2n) is 26.7. The molecule has 0 aromatic rings. The van der Waals surface area contributed by atoms with Gasteiger partial charge in [-0.15, -0.1) is 0 Å². The lowest BCUT2D eigenvalue weighted by Crippen LogP contribution is -2.45. The minimum absolute atomic E-state index is 0.00346. The van der Waals surface area contributed by atoms with Crippen LogP contribution in [-0.2, 0) is 18.4 Å². The summed E-state index contributed by atoms with van der Waals surface area (Å²) in [6.07, 6.45) is 84.8. The Labute approximate surface area is 513 Å². The van der Waals surface area contributed by atoms with Crippen LogP contribution in [0.15, 0.2) is 24.3 Å². The van der Waals surface area contributed by atoms with Gasteiger partial charge in [-0.1, -0.05) is 372 Å². The fourth-order valence-corrected chi connectivity index (χ4v) is 12.2. The smallest absolute Gasteiger partial charge is 0.268 e. The molecule has 0 spiro atoms. The molecule has 0 aliphatic heterocycles. The summed E-state index contributed by atoms with van der Waals surface area (Å²) in [6.45, 7) is 4.69. The van der Waals surface area contributed by atoms with Gasteiger partial charge in [-0.25, -0.2) is 0 Å². The normalized spacial score (nSPS) is 13.7. The van der Waals surface area contributed by atoms with Crippen LogP contribution in [0.4, 0.5) is 0 Å². The number of allylic oxidation sites excluding steroid dienone is 3. The van der Waals surface area contributed by atoms with Gasteiger partial charge in [-0.05, 0) is 32.1 Å². The Morgan fingerprint density at radius 1 is 0.415 bits per heavy atom. The molecule has 3 unspecified atom stereocenters. The maximum atomic E-state index is 13.0. The van der Waals surface area contributed by atoms with Gasteiger partial charge in [-0.3, -0.25) is 9.36 Å². The molecule has 0 saturated heterocycles. The number of amides is 1. The summed E-state index contributed by atoms with van der Waals surface area (Å²) in [5, 5.41) is 13.9. The number of nitrogens with zero attached hydrogens (tertiary/aromatic N) is 1. The van der Waals surface area contributed by atoms with Crippen LogP contribution < -0.4 is 10.2 Å². The molecule has 0 aliphatic rings. The van der Waals surface area contributed by atoms with Crippen molar-refractivity contribution in [2.45, 2.75) is 398 Å². The first-order valence-corrected chi connectivity index (χ1v) is 38.2. The van der Waals surface area contributed by atoms with E-state index in [0.717, 1.165) is 38.5 Å². The van der Waals surface area contributed by atoms with E-state index in [1.54, 1.807) is 6.08 Å². The van der Waals surface area contributed by atoms with Gasteiger partial charge in [0.15, 0.2) is 0 Å². The first kappa shape index (κ1) is 81.0. The molecule has 82 heavy (non-hydrogen) atoms. The SMILES string of the molecule is CCCCCCCCCCCCCCCCC/C=C/CC/C=C/C(O)C(COP(=O)([O-])OCC[N+](C)(C)C)NC(=O)CCCCCCCCCCCCCCCCCCCCCCCCCCCCCCCCCCCCCCCCC. The number of aliphatic hydroxyl groups excluding tert-OH is 1. The van der Waals surface area contributed by atoms with Crippen molar-refractivity contribution in [3.8, 4) is 0 Å². The fourth-order valence-electron chi connectivity index (χ4n) is 11.5. The summed E-state index contributed by atoms with van der Waals surface area (Å²) in [7, 11) is 1.26. The number of carbonyl (C=O) groups is 1. The van der Waals surface area contributed by atoms with E-state index < -0.39 is 20.0 Å². The Hall–Kier alpha value is -1.02. The lowest BCUT2D eigenvalue weighted by atomic mass is 10.0. The van der Waals surface area contributed by atoms with Gasteiger partial charge in [0, 0.05) is 6.42 Å². The number of phosphoric ester groups is 1. The third-order valence-corrected chi connectivity index (χ3v) is 18.1. The van der Waals surface area contributed by atoms with Crippen molar-refractivity contribution >= 4 is 13.7 Å². The zero-order valence-corrected chi connectivity index (χ0v) is 56.9. The Kier molecular flexibility index (Phi) is 63.7. The molecule has 2 N–H and O–H groups in total. The Balaban J connectivity index is 3.92. The number of rotatable bonds is 69. The minimum atomic E-state index is -4.61. The van der Waals surface area contributed by atoms with E-state index in [1.165, 1.54) is 327 Å². The highest BCUT2D eigenvalue weighted by Crippen LogP contribution is 2.38. The van der Waals surface area contributed by atoms with Crippen LogP contribution >= 0.6 is 7.82 Å². The highest BCUT2D eigenvalue weighted by Gasteiger charge is 2.23. The van der Waals surface area contributed by atoms with Gasteiger partial charge in [0.1, 0.15) is 13.2 Å². The van der Waals surface area contributed by atoms with Crippen molar-refractivity contribution in [2.24, 2.45) is 0 Å². The summed E-state index contributed by atoms with van der Waals surface area (Å²) in [4.78, 5) is 25.6. The average molecular weight is 1180 g/mol. The molecule has 0 saturated carbocycles. The third-order valence-electron chi connectivity index (χ3n) is 17.2. The Morgan fingerprint density at radius 3 is 0.988 bits per heavy atom. The van der Waals surface area contributed by atoms with Crippen molar-refractivity contribution in [3.05, 3.63) is 24.3 Å². The summed E-state index contributed by atoms with van der Waals surface area (Å²) < 4.78 is 23.4. The Bertz CT molecular complexity index is 1390. The lowest BCUT2D eigenvalue weighted by molar-refractivity contribution is -0.870. The lowest BCUT2D eigenvalue weighted by Gasteiger charge is -2.29. The zero-order valence-electron chi connectivity index (χ0n) is 56.0. The third kappa shape index (κ3) is 66.5. The molecule has 0 aromatic carbocycles. The van der Waals surface area contributed by atoms with E-state index in [2.05, 4.69) is 31.3 Å². The maximum absolute atomic E-state index is 13.0. The molecule has 0 aliphatic carbocycles. The second kappa shape index (κ2) is 64.5. The number of carbonyl (C=O) groups excluding carboxylic acids is 1. The van der Waals surface area contributed by atoms with Crippen LogP contribution in [0, 0.1) is 0 Å². The molecule has 488 valence electrons. The first-order chi connectivity index (χ1) is 40.0. The number of unbranched alkanes of at least 4 members (excludes halogenated alkanes) is 54. The van der Waals surface area contributed by atoms with E-state index in [1.807, 2.05) is 27.2 Å². The molecule has 3 atom stereocenters. The van der Waals surface area contributed by atoms with Crippen molar-refractivity contribution in [1.82, 2.24) is 5.32 Å². The highest BCUT2D eigenvalue weighted by molar-refractivity contribution is 7.45. The molecule has 8 nitrogen and oxygen atoms in total. The molecule has 0 radical (unpaired) electrons. The van der Waals surface area contributed by atoms with Crippen LogP contribution in [0.3, 0.4) is 0 Å². The van der Waals surface area contributed by atoms with Crippen LogP contribution in [0.1, 0.15) is 386 Å². The molecular formula is C73H145N2O6P. The number of likely N-dealkylation sites (N-methyl/N-ethyl adjacent to an activating group) is 1. The number of hydrogen-bond acceptors (Lipinski definition) is 6. The van der Waals surface area contributed by atoms with Gasteiger partial charge in [0.05, 0.1) is 39.9 Å². The van der Waals surface area contributed by atoms with Gasteiger partial charge < -0.3 is 28.8 Å². The quantitative estimate of drug-likeness (QED) is 0.0272. The number of phosphoric acid groups is 1. The van der Waals surface area contributed by atoms with E-state index in [-0.39, 0.29) is 19.1 Å². The van der Waals surface area contributed by atoms with E-state index in [0.29, 0.717) is 17.4 Å². The van der Waals surface area contributed by atoms with Crippen molar-refractivity contribution in [2.75, 3.05) is 40.9 Å².